The summed E-state index contributed by atoms with van der Waals surface area (Å²) in [6.45, 7) is 3.33. The number of carbonyl (C=O) groups is 2. The van der Waals surface area contributed by atoms with Crippen LogP contribution in [0.25, 0.3) is 0 Å². The van der Waals surface area contributed by atoms with Gasteiger partial charge >= 0.3 is 0 Å². The topological polar surface area (TPSA) is 49.4 Å². The smallest absolute Gasteiger partial charge is 0.236 e. The summed E-state index contributed by atoms with van der Waals surface area (Å²) < 4.78 is 0. The summed E-state index contributed by atoms with van der Waals surface area (Å²) in [5.41, 5.74) is 0.708. The van der Waals surface area contributed by atoms with Gasteiger partial charge in [-0.15, -0.1) is 0 Å². The summed E-state index contributed by atoms with van der Waals surface area (Å²) >= 11 is 0. The summed E-state index contributed by atoms with van der Waals surface area (Å²) in [7, 11) is 3.72. The number of Topliss-reactive ketones (excluding diaryl/α,β-unsaturated/α-hetero) is 1. The monoisotopic (exact) mass is 248 g/mol. The fourth-order valence-electron chi connectivity index (χ4n) is 1.78. The number of nitrogens with zero attached hydrogens (tertiary/aromatic N) is 1. The van der Waals surface area contributed by atoms with Crippen molar-refractivity contribution in [3.63, 3.8) is 0 Å². The van der Waals surface area contributed by atoms with E-state index in [1.165, 1.54) is 6.92 Å². The van der Waals surface area contributed by atoms with Crippen LogP contribution in [0.3, 0.4) is 0 Å². The van der Waals surface area contributed by atoms with Crippen LogP contribution in [0.2, 0.25) is 0 Å². The molecule has 1 aromatic rings. The highest BCUT2D eigenvalue weighted by Gasteiger charge is 2.30. The fraction of sp³-hybridized carbons (Fsp3) is 0.429. The zero-order valence-electron chi connectivity index (χ0n) is 11.3. The van der Waals surface area contributed by atoms with Crippen LogP contribution in [-0.4, -0.2) is 36.7 Å². The van der Waals surface area contributed by atoms with E-state index in [0.717, 1.165) is 0 Å². The molecule has 18 heavy (non-hydrogen) atoms. The van der Waals surface area contributed by atoms with Crippen LogP contribution in [0, 0.1) is 5.92 Å². The Balaban J connectivity index is 2.81. The molecule has 0 fully saturated rings. The molecule has 0 aromatic heterocycles. The summed E-state index contributed by atoms with van der Waals surface area (Å²) in [4.78, 5) is 25.6. The Labute approximate surface area is 108 Å². The standard InChI is InChI=1S/C14H20N2O2/c1-10(16(3)4)13(11(2)17)14(18)15-12-8-6-5-7-9-12/h5-10,13H,1-4H3,(H,15,18). The molecule has 0 saturated heterocycles. The van der Waals surface area contributed by atoms with Gasteiger partial charge in [-0.3, -0.25) is 9.59 Å². The average molecular weight is 248 g/mol. The van der Waals surface area contributed by atoms with Crippen molar-refractivity contribution in [2.75, 3.05) is 19.4 Å². The number of amides is 1. The van der Waals surface area contributed by atoms with Gasteiger partial charge in [0.1, 0.15) is 11.7 Å². The number of anilines is 1. The van der Waals surface area contributed by atoms with E-state index in [1.807, 2.05) is 44.1 Å². The number of carbonyl (C=O) groups excluding carboxylic acids is 2. The predicted molar refractivity (Wildman–Crippen MR) is 72.4 cm³/mol. The molecule has 0 heterocycles. The van der Waals surface area contributed by atoms with E-state index in [2.05, 4.69) is 5.32 Å². The highest BCUT2D eigenvalue weighted by atomic mass is 16.2. The van der Waals surface area contributed by atoms with Gasteiger partial charge in [0, 0.05) is 11.7 Å². The lowest BCUT2D eigenvalue weighted by molar-refractivity contribution is -0.132. The van der Waals surface area contributed by atoms with Crippen LogP contribution in [-0.2, 0) is 9.59 Å². The maximum Gasteiger partial charge on any atom is 0.236 e. The summed E-state index contributed by atoms with van der Waals surface area (Å²) in [5, 5.41) is 2.77. The van der Waals surface area contributed by atoms with Gasteiger partial charge in [0.25, 0.3) is 0 Å². The maximum absolute atomic E-state index is 12.1. The Kier molecular flexibility index (Phi) is 5.04. The van der Waals surface area contributed by atoms with Crippen LogP contribution in [0.5, 0.6) is 0 Å². The number of hydrogen-bond donors (Lipinski definition) is 1. The molecule has 1 aromatic carbocycles. The average Bonchev–Trinajstić information content (AvgIpc) is 2.29. The minimum Gasteiger partial charge on any atom is -0.325 e. The van der Waals surface area contributed by atoms with Crippen molar-refractivity contribution in [1.29, 1.82) is 0 Å². The second kappa shape index (κ2) is 6.31. The predicted octanol–water partition coefficient (Wildman–Crippen LogP) is 1.78. The first-order valence-corrected chi connectivity index (χ1v) is 5.96. The molecule has 0 bridgehead atoms. The van der Waals surface area contributed by atoms with E-state index in [-0.39, 0.29) is 17.7 Å². The molecule has 0 aliphatic rings. The number of hydrogen-bond acceptors (Lipinski definition) is 3. The number of benzene rings is 1. The van der Waals surface area contributed by atoms with E-state index in [1.54, 1.807) is 12.1 Å². The van der Waals surface area contributed by atoms with Gasteiger partial charge in [-0.25, -0.2) is 0 Å². The second-order valence-corrected chi connectivity index (χ2v) is 4.65. The number of ketones is 1. The van der Waals surface area contributed by atoms with Crippen molar-refractivity contribution >= 4 is 17.4 Å². The zero-order chi connectivity index (χ0) is 13.7. The van der Waals surface area contributed by atoms with Gasteiger partial charge in [-0.05, 0) is 40.1 Å². The second-order valence-electron chi connectivity index (χ2n) is 4.65. The summed E-state index contributed by atoms with van der Waals surface area (Å²) in [6.07, 6.45) is 0. The first kappa shape index (κ1) is 14.4. The maximum atomic E-state index is 12.1. The third-order valence-corrected chi connectivity index (χ3v) is 3.06. The molecule has 2 atom stereocenters. The highest BCUT2D eigenvalue weighted by Crippen LogP contribution is 2.14. The van der Waals surface area contributed by atoms with E-state index in [4.69, 9.17) is 0 Å². The lowest BCUT2D eigenvalue weighted by Gasteiger charge is -2.26. The van der Waals surface area contributed by atoms with Gasteiger partial charge in [0.2, 0.25) is 5.91 Å². The molecule has 1 amide bonds. The third-order valence-electron chi connectivity index (χ3n) is 3.06. The normalized spacial score (nSPS) is 14.1. The molecule has 98 valence electrons. The molecule has 1 N–H and O–H groups in total. The lowest BCUT2D eigenvalue weighted by Crippen LogP contribution is -2.43. The Bertz CT molecular complexity index is 415. The fourth-order valence-corrected chi connectivity index (χ4v) is 1.78. The molecular formula is C14H20N2O2. The molecule has 0 aliphatic carbocycles. The van der Waals surface area contributed by atoms with Crippen LogP contribution in [0.4, 0.5) is 5.69 Å². The molecule has 1 rings (SSSR count). The number of para-hydroxylation sites is 1. The Morgan fingerprint density at radius 1 is 1.17 bits per heavy atom. The van der Waals surface area contributed by atoms with Crippen molar-refractivity contribution in [2.24, 2.45) is 5.92 Å². The number of nitrogens with one attached hydrogen (secondary N) is 1. The van der Waals surface area contributed by atoms with E-state index < -0.39 is 5.92 Å². The third kappa shape index (κ3) is 3.67. The Morgan fingerprint density at radius 2 is 1.72 bits per heavy atom. The highest BCUT2D eigenvalue weighted by molar-refractivity contribution is 6.07. The first-order chi connectivity index (χ1) is 8.43. The molecule has 0 spiro atoms. The van der Waals surface area contributed by atoms with Crippen LogP contribution in [0.15, 0.2) is 30.3 Å². The van der Waals surface area contributed by atoms with Gasteiger partial charge in [-0.2, -0.15) is 0 Å². The van der Waals surface area contributed by atoms with Gasteiger partial charge < -0.3 is 10.2 Å². The first-order valence-electron chi connectivity index (χ1n) is 5.96. The van der Waals surface area contributed by atoms with Gasteiger partial charge in [-0.1, -0.05) is 18.2 Å². The van der Waals surface area contributed by atoms with E-state index in [0.29, 0.717) is 5.69 Å². The van der Waals surface area contributed by atoms with E-state index in [9.17, 15) is 9.59 Å². The zero-order valence-corrected chi connectivity index (χ0v) is 11.3. The Hall–Kier alpha value is -1.68. The quantitative estimate of drug-likeness (QED) is 0.808. The van der Waals surface area contributed by atoms with Gasteiger partial charge in [0.05, 0.1) is 0 Å². The van der Waals surface area contributed by atoms with Crippen LogP contribution >= 0.6 is 0 Å². The van der Waals surface area contributed by atoms with Gasteiger partial charge in [0.15, 0.2) is 0 Å². The molecule has 4 nitrogen and oxygen atoms in total. The molecule has 0 aliphatic heterocycles. The van der Waals surface area contributed by atoms with Crippen molar-refractivity contribution in [3.05, 3.63) is 30.3 Å². The molecular weight excluding hydrogens is 228 g/mol. The van der Waals surface area contributed by atoms with E-state index >= 15 is 0 Å². The van der Waals surface area contributed by atoms with Crippen molar-refractivity contribution in [3.8, 4) is 0 Å². The minimum atomic E-state index is -0.653. The summed E-state index contributed by atoms with van der Waals surface area (Å²) in [6, 6.07) is 9.03. The van der Waals surface area contributed by atoms with Crippen molar-refractivity contribution in [2.45, 2.75) is 19.9 Å². The minimum absolute atomic E-state index is 0.121. The van der Waals surface area contributed by atoms with Crippen LogP contribution < -0.4 is 5.32 Å². The SMILES string of the molecule is CC(=O)C(C(=O)Nc1ccccc1)C(C)N(C)C. The molecule has 4 heteroatoms. The number of rotatable bonds is 5. The largest absolute Gasteiger partial charge is 0.325 e. The summed E-state index contributed by atoms with van der Waals surface area (Å²) in [5.74, 6) is -1.03. The lowest BCUT2D eigenvalue weighted by atomic mass is 9.95. The molecule has 0 saturated carbocycles. The van der Waals surface area contributed by atoms with Crippen molar-refractivity contribution < 1.29 is 9.59 Å². The molecule has 2 unspecified atom stereocenters. The Morgan fingerprint density at radius 3 is 2.17 bits per heavy atom. The van der Waals surface area contributed by atoms with Crippen LogP contribution in [0.1, 0.15) is 13.8 Å². The molecule has 0 radical (unpaired) electrons. The van der Waals surface area contributed by atoms with Crippen molar-refractivity contribution in [1.82, 2.24) is 4.90 Å².